The average molecular weight is 405 g/mol. The second-order valence-electron chi connectivity index (χ2n) is 7.54. The minimum absolute atomic E-state index is 0.101. The van der Waals surface area contributed by atoms with E-state index in [1.54, 1.807) is 0 Å². The van der Waals surface area contributed by atoms with Gasteiger partial charge in [-0.15, -0.1) is 0 Å². The van der Waals surface area contributed by atoms with Crippen molar-refractivity contribution in [2.24, 2.45) is 0 Å². The van der Waals surface area contributed by atoms with E-state index in [0.717, 1.165) is 28.7 Å². The minimum atomic E-state index is -1.17. The van der Waals surface area contributed by atoms with Crippen LogP contribution in [0.5, 0.6) is 0 Å². The van der Waals surface area contributed by atoms with Crippen LogP contribution in [0, 0.1) is 0 Å². The lowest BCUT2D eigenvalue weighted by atomic mass is 9.88. The first-order valence-electron chi connectivity index (χ1n) is 9.64. The van der Waals surface area contributed by atoms with E-state index in [9.17, 15) is 15.3 Å². The second-order valence-corrected chi connectivity index (χ2v) is 7.95. The van der Waals surface area contributed by atoms with Crippen molar-refractivity contribution in [1.82, 2.24) is 0 Å². The fourth-order valence-corrected chi connectivity index (χ4v) is 4.40. The highest BCUT2D eigenvalue weighted by Gasteiger charge is 2.52. The van der Waals surface area contributed by atoms with E-state index in [4.69, 9.17) is 21.1 Å². The summed E-state index contributed by atoms with van der Waals surface area (Å²) in [7, 11) is 0. The first-order chi connectivity index (χ1) is 13.5. The van der Waals surface area contributed by atoms with Crippen molar-refractivity contribution >= 4 is 11.6 Å². The molecule has 28 heavy (non-hydrogen) atoms. The fraction of sp³-hybridized carbons (Fsp3) is 0.455. The third-order valence-corrected chi connectivity index (χ3v) is 6.17. The van der Waals surface area contributed by atoms with Gasteiger partial charge >= 0.3 is 0 Å². The molecule has 0 aliphatic carbocycles. The van der Waals surface area contributed by atoms with Crippen molar-refractivity contribution < 1.29 is 24.8 Å². The quantitative estimate of drug-likeness (QED) is 0.730. The predicted octanol–water partition coefficient (Wildman–Crippen LogP) is 2.68. The number of benzene rings is 2. The van der Waals surface area contributed by atoms with Crippen LogP contribution in [0.25, 0.3) is 0 Å². The Kier molecular flexibility index (Phi) is 5.49. The van der Waals surface area contributed by atoms with E-state index in [2.05, 4.69) is 31.2 Å². The van der Waals surface area contributed by atoms with Crippen LogP contribution in [-0.2, 0) is 34.7 Å². The summed E-state index contributed by atoms with van der Waals surface area (Å²) in [6.07, 6.45) is -1.33. The molecule has 3 N–H and O–H groups in total. The van der Waals surface area contributed by atoms with Gasteiger partial charge in [0.15, 0.2) is 5.79 Å². The van der Waals surface area contributed by atoms with Crippen molar-refractivity contribution in [3.8, 4) is 0 Å². The predicted molar refractivity (Wildman–Crippen MR) is 105 cm³/mol. The molecule has 4 atom stereocenters. The van der Waals surface area contributed by atoms with Gasteiger partial charge in [0.05, 0.1) is 19.3 Å². The summed E-state index contributed by atoms with van der Waals surface area (Å²) in [4.78, 5) is 0. The van der Waals surface area contributed by atoms with E-state index < -0.39 is 30.7 Å². The van der Waals surface area contributed by atoms with Crippen LogP contribution >= 0.6 is 11.6 Å². The van der Waals surface area contributed by atoms with Gasteiger partial charge in [-0.25, -0.2) is 0 Å². The summed E-state index contributed by atoms with van der Waals surface area (Å²) in [6.45, 7) is 2.03. The number of aliphatic hydroxyl groups is 3. The second kappa shape index (κ2) is 7.75. The highest BCUT2D eigenvalue weighted by Crippen LogP contribution is 2.47. The molecule has 0 saturated carbocycles. The summed E-state index contributed by atoms with van der Waals surface area (Å²) >= 11 is 6.53. The molecule has 1 fully saturated rings. The maximum Gasteiger partial charge on any atom is 0.198 e. The zero-order chi connectivity index (χ0) is 19.9. The number of ether oxygens (including phenoxy) is 2. The Morgan fingerprint density at radius 2 is 1.82 bits per heavy atom. The standard InChI is InChI=1S/C22H25ClO5/c1-2-13-3-5-14(6-4-13)9-15-16-12-27-22(17(16)7-8-18(15)23)10-19(25)21(26)20(11-24)28-22/h3-8,19-21,24-26H,2,9-12H2,1H3/t19-,20-,21+,22?/m1/s1. The van der Waals surface area contributed by atoms with E-state index in [1.165, 1.54) is 5.56 Å². The third-order valence-electron chi connectivity index (χ3n) is 5.82. The lowest BCUT2D eigenvalue weighted by molar-refractivity contribution is -0.326. The van der Waals surface area contributed by atoms with Gasteiger partial charge in [-0.3, -0.25) is 0 Å². The molecule has 2 aliphatic heterocycles. The van der Waals surface area contributed by atoms with Crippen molar-refractivity contribution in [2.45, 2.75) is 56.9 Å². The van der Waals surface area contributed by atoms with Crippen molar-refractivity contribution in [3.63, 3.8) is 0 Å². The molecule has 1 saturated heterocycles. The van der Waals surface area contributed by atoms with Crippen molar-refractivity contribution in [3.05, 3.63) is 69.2 Å². The molecule has 0 aromatic heterocycles. The molecule has 0 radical (unpaired) electrons. The highest BCUT2D eigenvalue weighted by molar-refractivity contribution is 6.31. The average Bonchev–Trinajstić information content (AvgIpc) is 3.05. The van der Waals surface area contributed by atoms with Crippen LogP contribution in [0.2, 0.25) is 5.02 Å². The number of aryl methyl sites for hydroxylation is 1. The highest BCUT2D eigenvalue weighted by atomic mass is 35.5. The van der Waals surface area contributed by atoms with Crippen molar-refractivity contribution in [1.29, 1.82) is 0 Å². The minimum Gasteiger partial charge on any atom is -0.394 e. The lowest BCUT2D eigenvalue weighted by Crippen LogP contribution is -2.54. The van der Waals surface area contributed by atoms with Gasteiger partial charge in [0.25, 0.3) is 0 Å². The van der Waals surface area contributed by atoms with Crippen LogP contribution in [0.3, 0.4) is 0 Å². The Labute approximate surface area is 169 Å². The molecule has 1 unspecified atom stereocenters. The smallest absolute Gasteiger partial charge is 0.198 e. The maximum atomic E-state index is 10.3. The van der Waals surface area contributed by atoms with Gasteiger partial charge in [-0.2, -0.15) is 0 Å². The van der Waals surface area contributed by atoms with Gasteiger partial charge < -0.3 is 24.8 Å². The summed E-state index contributed by atoms with van der Waals surface area (Å²) in [5.74, 6) is -1.17. The summed E-state index contributed by atoms with van der Waals surface area (Å²) in [5.41, 5.74) is 5.18. The zero-order valence-electron chi connectivity index (χ0n) is 15.8. The first kappa shape index (κ1) is 19.8. The number of halogens is 1. The van der Waals surface area contributed by atoms with E-state index in [0.29, 0.717) is 18.1 Å². The van der Waals surface area contributed by atoms with Gasteiger partial charge in [0.2, 0.25) is 0 Å². The number of hydrogen-bond donors (Lipinski definition) is 3. The molecular weight excluding hydrogens is 380 g/mol. The molecule has 0 bridgehead atoms. The van der Waals surface area contributed by atoms with Gasteiger partial charge in [-0.05, 0) is 41.2 Å². The largest absolute Gasteiger partial charge is 0.394 e. The number of fused-ring (bicyclic) bond motifs is 2. The third kappa shape index (κ3) is 3.36. The number of aliphatic hydroxyl groups excluding tert-OH is 3. The summed E-state index contributed by atoms with van der Waals surface area (Å²) in [6, 6.07) is 12.1. The number of hydrogen-bond acceptors (Lipinski definition) is 5. The topological polar surface area (TPSA) is 79.2 Å². The SMILES string of the molecule is CCc1ccc(Cc2c(Cl)ccc3c2COC32C[C@@H](O)[C@H](O)[C@@H](CO)O2)cc1. The normalized spacial score (nSPS) is 29.2. The van der Waals surface area contributed by atoms with Crippen LogP contribution in [-0.4, -0.2) is 40.2 Å². The molecule has 1 spiro atoms. The Hall–Kier alpha value is -1.47. The molecule has 0 amide bonds. The fourth-order valence-electron chi connectivity index (χ4n) is 4.16. The maximum absolute atomic E-state index is 10.3. The molecular formula is C22H25ClO5. The Morgan fingerprint density at radius 1 is 1.11 bits per heavy atom. The van der Waals surface area contributed by atoms with Gasteiger partial charge in [0.1, 0.15) is 12.2 Å². The molecule has 150 valence electrons. The van der Waals surface area contributed by atoms with Crippen LogP contribution < -0.4 is 0 Å². The molecule has 2 heterocycles. The van der Waals surface area contributed by atoms with E-state index in [1.807, 2.05) is 12.1 Å². The summed E-state index contributed by atoms with van der Waals surface area (Å²) in [5, 5.41) is 30.5. The first-order valence-corrected chi connectivity index (χ1v) is 10.0. The molecule has 6 heteroatoms. The van der Waals surface area contributed by atoms with Crippen LogP contribution in [0.1, 0.15) is 41.2 Å². The Morgan fingerprint density at radius 3 is 2.50 bits per heavy atom. The molecule has 4 rings (SSSR count). The monoisotopic (exact) mass is 404 g/mol. The van der Waals surface area contributed by atoms with Crippen LogP contribution in [0.15, 0.2) is 36.4 Å². The zero-order valence-corrected chi connectivity index (χ0v) is 16.5. The van der Waals surface area contributed by atoms with Crippen LogP contribution in [0.4, 0.5) is 0 Å². The van der Waals surface area contributed by atoms with Gasteiger partial charge in [-0.1, -0.05) is 48.9 Å². The van der Waals surface area contributed by atoms with E-state index in [-0.39, 0.29) is 6.42 Å². The van der Waals surface area contributed by atoms with Gasteiger partial charge in [0, 0.05) is 17.0 Å². The molecule has 2 aliphatic rings. The Balaban J connectivity index is 1.69. The Bertz CT molecular complexity index is 853. The number of rotatable bonds is 4. The van der Waals surface area contributed by atoms with E-state index >= 15 is 0 Å². The molecule has 5 nitrogen and oxygen atoms in total. The molecule has 2 aromatic carbocycles. The lowest BCUT2D eigenvalue weighted by Gasteiger charge is -2.42. The van der Waals surface area contributed by atoms with Crippen molar-refractivity contribution in [2.75, 3.05) is 6.61 Å². The summed E-state index contributed by atoms with van der Waals surface area (Å²) < 4.78 is 12.0. The molecule has 2 aromatic rings.